The van der Waals surface area contributed by atoms with Crippen LogP contribution in [0, 0.1) is 3.57 Å². The average molecular weight is 474 g/mol. The van der Waals surface area contributed by atoms with E-state index in [1.807, 2.05) is 30.3 Å². The maximum Gasteiger partial charge on any atom is 0.269 e. The summed E-state index contributed by atoms with van der Waals surface area (Å²) < 4.78 is 1.97. The van der Waals surface area contributed by atoms with Crippen LogP contribution in [-0.2, 0) is 0 Å². The fourth-order valence-corrected chi connectivity index (χ4v) is 3.85. The third kappa shape index (κ3) is 3.79. The van der Waals surface area contributed by atoms with Gasteiger partial charge in [0.2, 0.25) is 0 Å². The number of pyridine rings is 1. The first-order valence-corrected chi connectivity index (χ1v) is 9.13. The first-order chi connectivity index (χ1) is 11.0. The standard InChI is InChI=1S/C15H9ClIN3OS2/c16-12-9-3-1-2-4-10(9)23-13(12)14(21)20-15(22)19-11-6-5-8(17)7-18-11/h1-7H,(H2,18,19,20,21,22). The predicted octanol–water partition coefficient (Wildman–Crippen LogP) is 4.68. The summed E-state index contributed by atoms with van der Waals surface area (Å²) in [5, 5.41) is 6.98. The van der Waals surface area contributed by atoms with Gasteiger partial charge in [-0.2, -0.15) is 0 Å². The van der Waals surface area contributed by atoms with Crippen molar-refractivity contribution in [3.63, 3.8) is 0 Å². The monoisotopic (exact) mass is 473 g/mol. The summed E-state index contributed by atoms with van der Waals surface area (Å²) in [6.07, 6.45) is 1.70. The number of thiophene rings is 1. The van der Waals surface area contributed by atoms with Gasteiger partial charge in [0.05, 0.1) is 5.02 Å². The summed E-state index contributed by atoms with van der Waals surface area (Å²) in [5.74, 6) is 0.234. The molecule has 1 aromatic carbocycles. The molecule has 0 radical (unpaired) electrons. The molecule has 0 aliphatic rings. The summed E-state index contributed by atoms with van der Waals surface area (Å²) in [7, 11) is 0. The van der Waals surface area contributed by atoms with E-state index >= 15 is 0 Å². The van der Waals surface area contributed by atoms with Crippen LogP contribution >= 0.6 is 57.7 Å². The molecule has 0 aliphatic heterocycles. The number of halogens is 2. The minimum absolute atomic E-state index is 0.178. The number of carbonyl (C=O) groups is 1. The highest BCUT2D eigenvalue weighted by atomic mass is 127. The molecular formula is C15H9ClIN3OS2. The zero-order valence-corrected chi connectivity index (χ0v) is 16.0. The number of fused-ring (bicyclic) bond motifs is 1. The van der Waals surface area contributed by atoms with Crippen LogP contribution in [0.25, 0.3) is 10.1 Å². The van der Waals surface area contributed by atoms with Crippen molar-refractivity contribution in [2.24, 2.45) is 0 Å². The lowest BCUT2D eigenvalue weighted by Gasteiger charge is -2.08. The van der Waals surface area contributed by atoms with Crippen LogP contribution in [0.4, 0.5) is 5.82 Å². The summed E-state index contributed by atoms with van der Waals surface area (Å²) >= 11 is 14.9. The van der Waals surface area contributed by atoms with Gasteiger partial charge in [0.25, 0.3) is 5.91 Å². The van der Waals surface area contributed by atoms with Crippen molar-refractivity contribution < 1.29 is 4.79 Å². The molecule has 3 rings (SSSR count). The Kier molecular flexibility index (Phi) is 5.10. The molecule has 2 heterocycles. The van der Waals surface area contributed by atoms with Gasteiger partial charge >= 0.3 is 0 Å². The topological polar surface area (TPSA) is 54.0 Å². The highest BCUT2D eigenvalue weighted by Gasteiger charge is 2.17. The van der Waals surface area contributed by atoms with Crippen LogP contribution in [0.2, 0.25) is 5.02 Å². The fourth-order valence-electron chi connectivity index (χ4n) is 1.92. The number of nitrogens with one attached hydrogen (secondary N) is 2. The van der Waals surface area contributed by atoms with Crippen molar-refractivity contribution in [2.45, 2.75) is 0 Å². The molecule has 0 bridgehead atoms. The minimum Gasteiger partial charge on any atom is -0.317 e. The normalized spacial score (nSPS) is 10.5. The molecular weight excluding hydrogens is 465 g/mol. The predicted molar refractivity (Wildman–Crippen MR) is 107 cm³/mol. The average Bonchev–Trinajstić information content (AvgIpc) is 2.87. The van der Waals surface area contributed by atoms with Crippen molar-refractivity contribution in [1.29, 1.82) is 0 Å². The molecule has 0 aliphatic carbocycles. The Morgan fingerprint density at radius 2 is 2.04 bits per heavy atom. The molecule has 2 N–H and O–H groups in total. The van der Waals surface area contributed by atoms with Crippen LogP contribution < -0.4 is 10.6 Å². The Balaban J connectivity index is 1.73. The van der Waals surface area contributed by atoms with E-state index in [4.69, 9.17) is 23.8 Å². The van der Waals surface area contributed by atoms with E-state index in [-0.39, 0.29) is 11.0 Å². The number of anilines is 1. The van der Waals surface area contributed by atoms with Crippen molar-refractivity contribution in [3.8, 4) is 0 Å². The van der Waals surface area contributed by atoms with Crippen LogP contribution in [0.15, 0.2) is 42.6 Å². The van der Waals surface area contributed by atoms with Gasteiger partial charge in [-0.1, -0.05) is 29.8 Å². The number of carbonyl (C=O) groups excluding carboxylic acids is 1. The van der Waals surface area contributed by atoms with Crippen LogP contribution in [0.1, 0.15) is 9.67 Å². The SMILES string of the molecule is O=C(NC(=S)Nc1ccc(I)cn1)c1sc2ccccc2c1Cl. The summed E-state index contributed by atoms with van der Waals surface area (Å²) in [4.78, 5) is 17.0. The number of benzene rings is 1. The second kappa shape index (κ2) is 7.08. The number of thiocarbonyl (C=S) groups is 1. The van der Waals surface area contributed by atoms with Crippen molar-refractivity contribution in [3.05, 3.63) is 56.1 Å². The summed E-state index contributed by atoms with van der Waals surface area (Å²) in [6.45, 7) is 0. The van der Waals surface area contributed by atoms with Gasteiger partial charge in [0.15, 0.2) is 5.11 Å². The zero-order chi connectivity index (χ0) is 16.4. The maximum atomic E-state index is 12.4. The fraction of sp³-hybridized carbons (Fsp3) is 0. The Hall–Kier alpha value is -1.29. The lowest BCUT2D eigenvalue weighted by molar-refractivity contribution is 0.0982. The van der Waals surface area contributed by atoms with Crippen LogP contribution in [0.3, 0.4) is 0 Å². The lowest BCUT2D eigenvalue weighted by atomic mass is 10.2. The molecule has 8 heteroatoms. The molecule has 0 fully saturated rings. The molecule has 23 heavy (non-hydrogen) atoms. The Labute approximate surface area is 160 Å². The first kappa shape index (κ1) is 16.6. The van der Waals surface area contributed by atoms with Gasteiger partial charge in [-0.3, -0.25) is 10.1 Å². The highest BCUT2D eigenvalue weighted by Crippen LogP contribution is 2.34. The second-order valence-electron chi connectivity index (χ2n) is 4.51. The van der Waals surface area contributed by atoms with E-state index in [1.165, 1.54) is 11.3 Å². The summed E-state index contributed by atoms with van der Waals surface area (Å²) in [5.41, 5.74) is 0. The number of nitrogens with zero attached hydrogens (tertiary/aromatic N) is 1. The van der Waals surface area contributed by atoms with Crippen molar-refractivity contribution in [2.75, 3.05) is 5.32 Å². The van der Waals surface area contributed by atoms with Gasteiger partial charge in [-0.15, -0.1) is 11.3 Å². The molecule has 2 aromatic heterocycles. The number of hydrogen-bond donors (Lipinski definition) is 2. The lowest BCUT2D eigenvalue weighted by Crippen LogP contribution is -2.34. The van der Waals surface area contributed by atoms with E-state index in [1.54, 1.807) is 12.3 Å². The van der Waals surface area contributed by atoms with E-state index in [0.29, 0.717) is 15.7 Å². The molecule has 116 valence electrons. The number of rotatable bonds is 2. The van der Waals surface area contributed by atoms with E-state index in [2.05, 4.69) is 38.2 Å². The largest absolute Gasteiger partial charge is 0.317 e. The molecule has 0 saturated heterocycles. The van der Waals surface area contributed by atoms with E-state index in [9.17, 15) is 4.79 Å². The van der Waals surface area contributed by atoms with E-state index < -0.39 is 0 Å². The Morgan fingerprint density at radius 3 is 2.74 bits per heavy atom. The van der Waals surface area contributed by atoms with Gasteiger partial charge in [0.1, 0.15) is 10.7 Å². The molecule has 0 atom stereocenters. The summed E-state index contributed by atoms with van der Waals surface area (Å²) in [6, 6.07) is 11.3. The van der Waals surface area contributed by atoms with Gasteiger partial charge in [-0.25, -0.2) is 4.98 Å². The third-order valence-electron chi connectivity index (χ3n) is 2.94. The number of hydrogen-bond acceptors (Lipinski definition) is 4. The van der Waals surface area contributed by atoms with Gasteiger partial charge < -0.3 is 5.32 Å². The Bertz CT molecular complexity index is 895. The molecule has 3 aromatic rings. The Morgan fingerprint density at radius 1 is 1.26 bits per heavy atom. The van der Waals surface area contributed by atoms with Crippen LogP contribution in [0.5, 0.6) is 0 Å². The van der Waals surface area contributed by atoms with Crippen LogP contribution in [-0.4, -0.2) is 16.0 Å². The molecule has 0 saturated carbocycles. The van der Waals surface area contributed by atoms with E-state index in [0.717, 1.165) is 13.7 Å². The second-order valence-corrected chi connectivity index (χ2v) is 7.60. The first-order valence-electron chi connectivity index (χ1n) is 6.45. The number of aromatic nitrogens is 1. The molecule has 0 spiro atoms. The van der Waals surface area contributed by atoms with Crippen molar-refractivity contribution in [1.82, 2.24) is 10.3 Å². The smallest absolute Gasteiger partial charge is 0.269 e. The zero-order valence-electron chi connectivity index (χ0n) is 11.5. The third-order valence-corrected chi connectivity index (χ3v) is 5.45. The van der Waals surface area contributed by atoms with Gasteiger partial charge in [0, 0.05) is 19.9 Å². The number of amides is 1. The molecule has 4 nitrogen and oxygen atoms in total. The van der Waals surface area contributed by atoms with Crippen molar-refractivity contribution >= 4 is 84.7 Å². The molecule has 0 unspecified atom stereocenters. The van der Waals surface area contributed by atoms with Gasteiger partial charge in [-0.05, 0) is 53.0 Å². The quantitative estimate of drug-likeness (QED) is 0.419. The maximum absolute atomic E-state index is 12.4. The minimum atomic E-state index is -0.334. The highest BCUT2D eigenvalue weighted by molar-refractivity contribution is 14.1. The molecule has 1 amide bonds.